The fourth-order valence-electron chi connectivity index (χ4n) is 3.16. The van der Waals surface area contributed by atoms with Gasteiger partial charge in [-0.05, 0) is 36.4 Å². The summed E-state index contributed by atoms with van der Waals surface area (Å²) in [6.45, 7) is 0.739. The molecule has 0 saturated carbocycles. The summed E-state index contributed by atoms with van der Waals surface area (Å²) in [5, 5.41) is 18.1. The smallest absolute Gasteiger partial charge is 0.332 e. The van der Waals surface area contributed by atoms with Crippen LogP contribution in [0.15, 0.2) is 58.4 Å². The second kappa shape index (κ2) is 9.18. The molecule has 7 N–H and O–H groups in total. The Balaban J connectivity index is 1.39. The van der Waals surface area contributed by atoms with Crippen molar-refractivity contribution >= 4 is 40.7 Å². The molecule has 33 heavy (non-hydrogen) atoms. The van der Waals surface area contributed by atoms with Crippen LogP contribution in [0.5, 0.6) is 0 Å². The monoisotopic (exact) mass is 448 g/mol. The van der Waals surface area contributed by atoms with Crippen molar-refractivity contribution in [3.8, 4) is 0 Å². The molecule has 3 aromatic rings. The Labute approximate surface area is 187 Å². The number of fused-ring (bicyclic) bond motifs is 1. The number of nitrogens with zero attached hydrogens (tertiary/aromatic N) is 3. The second-order valence-corrected chi connectivity index (χ2v) is 7.11. The van der Waals surface area contributed by atoms with E-state index in [9.17, 15) is 19.5 Å². The lowest BCUT2D eigenvalue weighted by atomic mass is 10.1. The summed E-state index contributed by atoms with van der Waals surface area (Å²) in [5.74, 6) is -1.40. The summed E-state index contributed by atoms with van der Waals surface area (Å²) in [6.07, 6.45) is 1.46. The van der Waals surface area contributed by atoms with Crippen molar-refractivity contribution in [1.29, 1.82) is 0 Å². The topological polar surface area (TPSA) is 187 Å². The van der Waals surface area contributed by atoms with Crippen molar-refractivity contribution < 1.29 is 14.7 Å². The number of rotatable bonds is 7. The summed E-state index contributed by atoms with van der Waals surface area (Å²) < 4.78 is 0. The van der Waals surface area contributed by atoms with E-state index >= 15 is 0 Å². The number of H-pyrrole nitrogens is 1. The number of nitrogens with two attached hydrogens (primary N) is 1. The lowest BCUT2D eigenvalue weighted by Crippen LogP contribution is -2.34. The van der Waals surface area contributed by atoms with E-state index in [4.69, 9.17) is 5.73 Å². The van der Waals surface area contributed by atoms with E-state index in [2.05, 4.69) is 35.9 Å². The van der Waals surface area contributed by atoms with Crippen molar-refractivity contribution in [1.82, 2.24) is 20.3 Å². The molecule has 1 amide bonds. The van der Waals surface area contributed by atoms with E-state index in [1.807, 2.05) is 0 Å². The number of benzene rings is 1. The fraction of sp³-hybridized carbons (Fsp3) is 0.143. The summed E-state index contributed by atoms with van der Waals surface area (Å²) in [7, 11) is 0. The second-order valence-electron chi connectivity index (χ2n) is 7.11. The molecule has 168 valence electrons. The van der Waals surface area contributed by atoms with Gasteiger partial charge in [-0.3, -0.25) is 19.6 Å². The van der Waals surface area contributed by atoms with Crippen LogP contribution in [0.4, 0.5) is 23.1 Å². The summed E-state index contributed by atoms with van der Waals surface area (Å²) >= 11 is 0. The van der Waals surface area contributed by atoms with Crippen molar-refractivity contribution in [3.05, 3.63) is 70.3 Å². The normalized spacial score (nSPS) is 13.2. The van der Waals surface area contributed by atoms with Crippen LogP contribution in [0, 0.1) is 0 Å². The standard InChI is InChI=1S/C21H20N8O4/c22-21-28-17-16(19(31)29-21)26-13(10-25-17)9-24-12-6-4-11(5-7-12)18(30)27-15(20(32)33)14-3-1-2-8-23-14/h1-8,15,24H,9-10H2,(H,27,30)(H,32,33)(H4,22,25,28,29,31). The summed E-state index contributed by atoms with van der Waals surface area (Å²) in [4.78, 5) is 50.8. The fourth-order valence-corrected chi connectivity index (χ4v) is 3.16. The van der Waals surface area contributed by atoms with E-state index in [-0.39, 0.29) is 17.3 Å². The molecule has 0 radical (unpaired) electrons. The molecule has 0 aliphatic carbocycles. The van der Waals surface area contributed by atoms with Gasteiger partial charge >= 0.3 is 5.97 Å². The number of amides is 1. The molecule has 0 spiro atoms. The molecule has 1 aliphatic rings. The van der Waals surface area contributed by atoms with Gasteiger partial charge in [0.15, 0.2) is 17.5 Å². The molecule has 0 fully saturated rings. The molecule has 1 atom stereocenters. The number of carbonyl (C=O) groups excluding carboxylic acids is 1. The molecule has 12 nitrogen and oxygen atoms in total. The average molecular weight is 448 g/mol. The molecule has 12 heteroatoms. The van der Waals surface area contributed by atoms with E-state index in [0.29, 0.717) is 35.9 Å². The van der Waals surface area contributed by atoms with Gasteiger partial charge < -0.3 is 26.8 Å². The highest BCUT2D eigenvalue weighted by atomic mass is 16.4. The van der Waals surface area contributed by atoms with Gasteiger partial charge in [0.25, 0.3) is 11.5 Å². The average Bonchev–Trinajstić information content (AvgIpc) is 2.82. The van der Waals surface area contributed by atoms with Crippen molar-refractivity contribution in [2.24, 2.45) is 4.99 Å². The van der Waals surface area contributed by atoms with Gasteiger partial charge in [0.2, 0.25) is 5.95 Å². The Kier molecular flexibility index (Phi) is 5.98. The van der Waals surface area contributed by atoms with Crippen LogP contribution in [-0.2, 0) is 4.79 Å². The first-order valence-electron chi connectivity index (χ1n) is 9.89. The molecular weight excluding hydrogens is 428 g/mol. The lowest BCUT2D eigenvalue weighted by Gasteiger charge is -2.17. The van der Waals surface area contributed by atoms with Crippen LogP contribution in [0.1, 0.15) is 22.1 Å². The van der Waals surface area contributed by atoms with Gasteiger partial charge in [0.05, 0.1) is 24.5 Å². The zero-order chi connectivity index (χ0) is 23.4. The number of carboxylic acid groups (broad SMARTS) is 1. The van der Waals surface area contributed by atoms with Crippen LogP contribution in [0.3, 0.4) is 0 Å². The minimum atomic E-state index is -1.26. The molecular formula is C21H20N8O4. The molecule has 0 bridgehead atoms. The highest BCUT2D eigenvalue weighted by Crippen LogP contribution is 2.21. The number of carboxylic acids is 1. The van der Waals surface area contributed by atoms with Crippen LogP contribution in [0.25, 0.3) is 0 Å². The number of aromatic amines is 1. The lowest BCUT2D eigenvalue weighted by molar-refractivity contribution is -0.139. The van der Waals surface area contributed by atoms with Crippen LogP contribution in [-0.4, -0.2) is 50.7 Å². The van der Waals surface area contributed by atoms with E-state index in [1.165, 1.54) is 12.3 Å². The number of aliphatic imine (C=N–C) groups is 1. The largest absolute Gasteiger partial charge is 0.479 e. The molecule has 0 saturated heterocycles. The van der Waals surface area contributed by atoms with Gasteiger partial charge in [-0.15, -0.1) is 0 Å². The number of aliphatic carboxylic acids is 1. The molecule has 1 aromatic carbocycles. The number of hydrogen-bond donors (Lipinski definition) is 6. The Hall–Kier alpha value is -4.74. The highest BCUT2D eigenvalue weighted by Gasteiger charge is 2.23. The summed E-state index contributed by atoms with van der Waals surface area (Å²) in [5.41, 5.74) is 7.19. The minimum Gasteiger partial charge on any atom is -0.479 e. The minimum absolute atomic E-state index is 0.0156. The van der Waals surface area contributed by atoms with Gasteiger partial charge in [0.1, 0.15) is 0 Å². The first kappa shape index (κ1) is 21.5. The maximum Gasteiger partial charge on any atom is 0.332 e. The first-order chi connectivity index (χ1) is 15.9. The number of hydrogen-bond acceptors (Lipinski definition) is 9. The van der Waals surface area contributed by atoms with Crippen LogP contribution >= 0.6 is 0 Å². The van der Waals surface area contributed by atoms with E-state index in [0.717, 1.165) is 0 Å². The predicted molar refractivity (Wildman–Crippen MR) is 122 cm³/mol. The molecule has 3 heterocycles. The Morgan fingerprint density at radius 3 is 2.67 bits per heavy atom. The van der Waals surface area contributed by atoms with E-state index < -0.39 is 23.5 Å². The third kappa shape index (κ3) is 4.95. The van der Waals surface area contributed by atoms with Gasteiger partial charge in [-0.25, -0.2) is 9.79 Å². The molecule has 2 aromatic heterocycles. The zero-order valence-electron chi connectivity index (χ0n) is 17.2. The Morgan fingerprint density at radius 1 is 1.18 bits per heavy atom. The molecule has 4 rings (SSSR count). The van der Waals surface area contributed by atoms with Crippen molar-refractivity contribution in [2.75, 3.05) is 29.5 Å². The third-order valence-electron chi connectivity index (χ3n) is 4.79. The third-order valence-corrected chi connectivity index (χ3v) is 4.79. The zero-order valence-corrected chi connectivity index (χ0v) is 17.2. The van der Waals surface area contributed by atoms with Gasteiger partial charge in [-0.1, -0.05) is 6.07 Å². The van der Waals surface area contributed by atoms with Crippen molar-refractivity contribution in [3.63, 3.8) is 0 Å². The molecule has 1 unspecified atom stereocenters. The quantitative estimate of drug-likeness (QED) is 0.305. The van der Waals surface area contributed by atoms with Crippen molar-refractivity contribution in [2.45, 2.75) is 6.04 Å². The number of anilines is 3. The van der Waals surface area contributed by atoms with Gasteiger partial charge in [-0.2, -0.15) is 4.98 Å². The van der Waals surface area contributed by atoms with E-state index in [1.54, 1.807) is 36.4 Å². The van der Waals surface area contributed by atoms with Crippen LogP contribution < -0.4 is 27.2 Å². The Bertz CT molecular complexity index is 1270. The Morgan fingerprint density at radius 2 is 1.97 bits per heavy atom. The maximum atomic E-state index is 12.5. The SMILES string of the molecule is Nc1nc2c(c(=O)[nH]1)N=C(CNc1ccc(C(=O)NC(C(=O)O)c3ccccn3)cc1)CN2. The maximum absolute atomic E-state index is 12.5. The number of carbonyl (C=O) groups is 2. The summed E-state index contributed by atoms with van der Waals surface area (Å²) in [6, 6.07) is 10.1. The number of aromatic nitrogens is 3. The first-order valence-corrected chi connectivity index (χ1v) is 9.89. The highest BCUT2D eigenvalue weighted by molar-refractivity contribution is 5.98. The number of nitrogens with one attached hydrogen (secondary N) is 4. The predicted octanol–water partition coefficient (Wildman–Crippen LogP) is 0.913. The number of pyridine rings is 1. The molecule has 1 aliphatic heterocycles. The van der Waals surface area contributed by atoms with Gasteiger partial charge in [0, 0.05) is 17.4 Å². The number of nitrogen functional groups attached to an aromatic ring is 1. The van der Waals surface area contributed by atoms with Crippen LogP contribution in [0.2, 0.25) is 0 Å².